The number of benzene rings is 3. The molecule has 0 heterocycles. The summed E-state index contributed by atoms with van der Waals surface area (Å²) in [4.78, 5) is 12.9. The number of hydrogen-bond acceptors (Lipinski definition) is 5. The molecule has 0 atom stereocenters. The van der Waals surface area contributed by atoms with Gasteiger partial charge in [-0.05, 0) is 35.9 Å². The number of carbonyl (C=O) groups is 1. The number of sulfonamides is 1. The van der Waals surface area contributed by atoms with E-state index in [0.717, 1.165) is 11.0 Å². The third-order valence-corrected chi connectivity index (χ3v) is 5.32. The van der Waals surface area contributed by atoms with E-state index in [1.54, 1.807) is 42.5 Å². The lowest BCUT2D eigenvalue weighted by Crippen LogP contribution is -2.17. The van der Waals surface area contributed by atoms with Gasteiger partial charge in [0, 0.05) is 6.07 Å². The molecule has 160 valence electrons. The molecule has 0 aliphatic carbocycles. The maximum atomic E-state index is 12.9. The minimum Gasteiger partial charge on any atom is -0.497 e. The molecule has 0 unspecified atom stereocenters. The normalized spacial score (nSPS) is 11.2. The van der Waals surface area contributed by atoms with E-state index in [0.29, 0.717) is 17.2 Å². The molecule has 0 fully saturated rings. The Bertz CT molecular complexity index is 1190. The first kappa shape index (κ1) is 21.9. The number of methoxy groups -OCH3 is 2. The maximum Gasteiger partial charge on any atom is 0.257 e. The van der Waals surface area contributed by atoms with E-state index in [2.05, 4.69) is 10.0 Å². The molecule has 3 aromatic carbocycles. The number of amides is 1. The molecule has 7 nitrogen and oxygen atoms in total. The lowest BCUT2D eigenvalue weighted by molar-refractivity contribution is 0.102. The summed E-state index contributed by atoms with van der Waals surface area (Å²) in [5.41, 5.74) is 1.49. The molecule has 0 aliphatic rings. The predicted octanol–water partition coefficient (Wildman–Crippen LogP) is 4.37. The molecule has 2 N–H and O–H groups in total. The minimum absolute atomic E-state index is 0.158. The molecular formula is C23H22N2O5S. The third kappa shape index (κ3) is 5.86. The van der Waals surface area contributed by atoms with Gasteiger partial charge in [-0.3, -0.25) is 9.52 Å². The predicted molar refractivity (Wildman–Crippen MR) is 122 cm³/mol. The summed E-state index contributed by atoms with van der Waals surface area (Å²) in [7, 11) is -0.828. The lowest BCUT2D eigenvalue weighted by Gasteiger charge is -2.14. The second-order valence-corrected chi connectivity index (χ2v) is 7.99. The van der Waals surface area contributed by atoms with Gasteiger partial charge in [0.05, 0.1) is 36.6 Å². The highest BCUT2D eigenvalue weighted by molar-refractivity contribution is 7.95. The van der Waals surface area contributed by atoms with Crippen molar-refractivity contribution in [3.63, 3.8) is 0 Å². The zero-order chi connectivity index (χ0) is 22.3. The number of anilines is 2. The van der Waals surface area contributed by atoms with E-state index in [1.807, 2.05) is 18.2 Å². The van der Waals surface area contributed by atoms with E-state index in [9.17, 15) is 13.2 Å². The monoisotopic (exact) mass is 438 g/mol. The molecule has 31 heavy (non-hydrogen) atoms. The Morgan fingerprint density at radius 3 is 2.29 bits per heavy atom. The van der Waals surface area contributed by atoms with E-state index >= 15 is 0 Å². The van der Waals surface area contributed by atoms with E-state index in [4.69, 9.17) is 9.47 Å². The largest absolute Gasteiger partial charge is 0.497 e. The molecule has 1 amide bonds. The van der Waals surface area contributed by atoms with Gasteiger partial charge in [-0.1, -0.05) is 42.5 Å². The van der Waals surface area contributed by atoms with Crippen molar-refractivity contribution in [2.75, 3.05) is 24.3 Å². The number of nitrogens with one attached hydrogen (secondary N) is 2. The molecule has 0 bridgehead atoms. The Kier molecular flexibility index (Phi) is 6.94. The summed E-state index contributed by atoms with van der Waals surface area (Å²) in [6.45, 7) is 0. The fourth-order valence-corrected chi connectivity index (χ4v) is 3.67. The van der Waals surface area contributed by atoms with Crippen molar-refractivity contribution in [2.24, 2.45) is 0 Å². The molecule has 3 rings (SSSR count). The van der Waals surface area contributed by atoms with Gasteiger partial charge >= 0.3 is 0 Å². The Balaban J connectivity index is 1.81. The SMILES string of the molecule is COc1ccc(NC(=O)c2ccccc2NS(=O)(=O)/C=C/c2ccccc2)c(OC)c1. The molecule has 0 saturated heterocycles. The molecule has 3 aromatic rings. The number of rotatable bonds is 8. The van der Waals surface area contributed by atoms with Crippen molar-refractivity contribution < 1.29 is 22.7 Å². The van der Waals surface area contributed by atoms with Gasteiger partial charge < -0.3 is 14.8 Å². The van der Waals surface area contributed by atoms with Crippen molar-refractivity contribution in [1.82, 2.24) is 0 Å². The van der Waals surface area contributed by atoms with Crippen LogP contribution in [0, 0.1) is 0 Å². The molecule has 0 saturated carbocycles. The standard InChI is InChI=1S/C23H22N2O5S/c1-29-18-12-13-21(22(16-18)30-2)24-23(26)19-10-6-7-11-20(19)25-31(27,28)15-14-17-8-4-3-5-9-17/h3-16,25H,1-2H3,(H,24,26)/b15-14+. The van der Waals surface area contributed by atoms with Gasteiger partial charge in [0.25, 0.3) is 15.9 Å². The average Bonchev–Trinajstić information content (AvgIpc) is 2.79. The van der Waals surface area contributed by atoms with Gasteiger partial charge in [-0.2, -0.15) is 0 Å². The highest BCUT2D eigenvalue weighted by Crippen LogP contribution is 2.30. The van der Waals surface area contributed by atoms with Crippen LogP contribution in [0.3, 0.4) is 0 Å². The highest BCUT2D eigenvalue weighted by atomic mass is 32.2. The van der Waals surface area contributed by atoms with Crippen LogP contribution in [0.4, 0.5) is 11.4 Å². The van der Waals surface area contributed by atoms with Crippen LogP contribution in [0.5, 0.6) is 11.5 Å². The molecule has 8 heteroatoms. The van der Waals surface area contributed by atoms with Crippen molar-refractivity contribution in [2.45, 2.75) is 0 Å². The summed E-state index contributed by atoms with van der Waals surface area (Å²) in [5.74, 6) is 0.499. The first-order chi connectivity index (χ1) is 14.9. The highest BCUT2D eigenvalue weighted by Gasteiger charge is 2.17. The Hall–Kier alpha value is -3.78. The first-order valence-electron chi connectivity index (χ1n) is 9.30. The number of hydrogen-bond donors (Lipinski definition) is 2. The van der Waals surface area contributed by atoms with Crippen LogP contribution in [0.25, 0.3) is 6.08 Å². The zero-order valence-electron chi connectivity index (χ0n) is 17.0. The van der Waals surface area contributed by atoms with Gasteiger partial charge in [0.1, 0.15) is 11.5 Å². The second-order valence-electron chi connectivity index (χ2n) is 6.43. The van der Waals surface area contributed by atoms with Crippen LogP contribution in [0.1, 0.15) is 15.9 Å². The molecular weight excluding hydrogens is 416 g/mol. The van der Waals surface area contributed by atoms with Crippen LogP contribution in [0.2, 0.25) is 0 Å². The Morgan fingerprint density at radius 2 is 1.58 bits per heavy atom. The van der Waals surface area contributed by atoms with Crippen LogP contribution >= 0.6 is 0 Å². The summed E-state index contributed by atoms with van der Waals surface area (Å²) in [6.07, 6.45) is 1.48. The van der Waals surface area contributed by atoms with Crippen LogP contribution in [0.15, 0.2) is 78.2 Å². The zero-order valence-corrected chi connectivity index (χ0v) is 17.8. The molecule has 0 spiro atoms. The van der Waals surface area contributed by atoms with Crippen molar-refractivity contribution in [3.8, 4) is 11.5 Å². The van der Waals surface area contributed by atoms with Crippen molar-refractivity contribution in [3.05, 3.63) is 89.3 Å². The van der Waals surface area contributed by atoms with Crippen molar-refractivity contribution in [1.29, 1.82) is 0 Å². The maximum absolute atomic E-state index is 12.9. The van der Waals surface area contributed by atoms with Crippen LogP contribution in [-0.2, 0) is 10.0 Å². The fourth-order valence-electron chi connectivity index (χ4n) is 2.78. The second kappa shape index (κ2) is 9.82. The Labute approximate surface area is 181 Å². The fraction of sp³-hybridized carbons (Fsp3) is 0.0870. The quantitative estimate of drug-likeness (QED) is 0.545. The van der Waals surface area contributed by atoms with Gasteiger partial charge in [-0.15, -0.1) is 0 Å². The van der Waals surface area contributed by atoms with Gasteiger partial charge in [0.15, 0.2) is 0 Å². The first-order valence-corrected chi connectivity index (χ1v) is 10.8. The number of para-hydroxylation sites is 1. The number of carbonyl (C=O) groups excluding carboxylic acids is 1. The van der Waals surface area contributed by atoms with Crippen LogP contribution in [-0.4, -0.2) is 28.5 Å². The summed E-state index contributed by atoms with van der Waals surface area (Å²) in [6, 6.07) is 20.4. The van der Waals surface area contributed by atoms with E-state index in [1.165, 1.54) is 32.4 Å². The lowest BCUT2D eigenvalue weighted by atomic mass is 10.1. The number of ether oxygens (including phenoxy) is 2. The summed E-state index contributed by atoms with van der Waals surface area (Å²) >= 11 is 0. The van der Waals surface area contributed by atoms with Crippen LogP contribution < -0.4 is 19.5 Å². The topological polar surface area (TPSA) is 93.7 Å². The smallest absolute Gasteiger partial charge is 0.257 e. The van der Waals surface area contributed by atoms with E-state index in [-0.39, 0.29) is 11.3 Å². The minimum atomic E-state index is -3.84. The summed E-state index contributed by atoms with van der Waals surface area (Å²) < 4.78 is 37.9. The van der Waals surface area contributed by atoms with Crippen molar-refractivity contribution >= 4 is 33.4 Å². The van der Waals surface area contributed by atoms with E-state index < -0.39 is 15.9 Å². The Morgan fingerprint density at radius 1 is 0.871 bits per heavy atom. The average molecular weight is 439 g/mol. The molecule has 0 aliphatic heterocycles. The van der Waals surface area contributed by atoms with Gasteiger partial charge in [0.2, 0.25) is 0 Å². The third-order valence-electron chi connectivity index (χ3n) is 4.32. The molecule has 0 aromatic heterocycles. The van der Waals surface area contributed by atoms with Gasteiger partial charge in [-0.25, -0.2) is 8.42 Å². The summed E-state index contributed by atoms with van der Waals surface area (Å²) in [5, 5.41) is 3.80. The molecule has 0 radical (unpaired) electrons.